The van der Waals surface area contributed by atoms with E-state index in [2.05, 4.69) is 15.9 Å². The van der Waals surface area contributed by atoms with Gasteiger partial charge in [0.1, 0.15) is 5.75 Å². The molecule has 1 aliphatic rings. The Kier molecular flexibility index (Phi) is 3.36. The van der Waals surface area contributed by atoms with Gasteiger partial charge in [0, 0.05) is 17.3 Å². The summed E-state index contributed by atoms with van der Waals surface area (Å²) < 4.78 is 42.9. The van der Waals surface area contributed by atoms with Crippen molar-refractivity contribution < 1.29 is 23.0 Å². The smallest absolute Gasteiger partial charge is 0.414 e. The summed E-state index contributed by atoms with van der Waals surface area (Å²) in [4.78, 5) is 0. The molecule has 1 heterocycles. The molecule has 17 heavy (non-hydrogen) atoms. The van der Waals surface area contributed by atoms with E-state index in [0.717, 1.165) is 5.56 Å². The van der Waals surface area contributed by atoms with E-state index in [0.29, 0.717) is 28.8 Å². The summed E-state index contributed by atoms with van der Waals surface area (Å²) in [5.74, 6) is 0.483. The molecule has 0 spiro atoms. The number of rotatable bonds is 2. The first-order valence-corrected chi connectivity index (χ1v) is 5.86. The number of fused-ring (bicyclic) bond motifs is 1. The molecule has 0 saturated carbocycles. The van der Waals surface area contributed by atoms with Crippen LogP contribution in [0.3, 0.4) is 0 Å². The number of hydrogen-bond donors (Lipinski definition) is 1. The highest BCUT2D eigenvalue weighted by atomic mass is 79.9. The quantitative estimate of drug-likeness (QED) is 0.910. The second-order valence-electron chi connectivity index (χ2n) is 3.91. The molecule has 1 aromatic carbocycles. The van der Waals surface area contributed by atoms with Crippen molar-refractivity contribution in [3.8, 4) is 5.75 Å². The Morgan fingerprint density at radius 3 is 2.76 bits per heavy atom. The third-order valence-corrected chi connectivity index (χ3v) is 3.07. The summed E-state index contributed by atoms with van der Waals surface area (Å²) in [6.45, 7) is 0.473. The second-order valence-corrected chi connectivity index (χ2v) is 4.83. The number of aliphatic hydroxyl groups excluding tert-OH is 1. The first-order valence-electron chi connectivity index (χ1n) is 5.07. The predicted molar refractivity (Wildman–Crippen MR) is 59.1 cm³/mol. The number of ether oxygens (including phenoxy) is 1. The van der Waals surface area contributed by atoms with Crippen LogP contribution in [0.4, 0.5) is 13.2 Å². The minimum atomic E-state index is -4.60. The molecule has 2 nitrogen and oxygen atoms in total. The first kappa shape index (κ1) is 12.7. The van der Waals surface area contributed by atoms with Crippen molar-refractivity contribution in [3.05, 3.63) is 27.7 Å². The topological polar surface area (TPSA) is 29.5 Å². The van der Waals surface area contributed by atoms with Crippen molar-refractivity contribution in [1.29, 1.82) is 0 Å². The van der Waals surface area contributed by atoms with Gasteiger partial charge in [0.25, 0.3) is 0 Å². The molecule has 0 aliphatic carbocycles. The molecule has 0 unspecified atom stereocenters. The Morgan fingerprint density at radius 1 is 1.41 bits per heavy atom. The van der Waals surface area contributed by atoms with Crippen LogP contribution in [0.2, 0.25) is 0 Å². The van der Waals surface area contributed by atoms with E-state index in [9.17, 15) is 13.2 Å². The van der Waals surface area contributed by atoms with E-state index in [1.807, 2.05) is 6.07 Å². The summed E-state index contributed by atoms with van der Waals surface area (Å²) >= 11 is 3.24. The van der Waals surface area contributed by atoms with Crippen molar-refractivity contribution in [2.45, 2.75) is 25.1 Å². The summed E-state index contributed by atoms with van der Waals surface area (Å²) in [6.07, 6.45) is -6.76. The minimum absolute atomic E-state index is 0.386. The molecule has 0 saturated heterocycles. The van der Waals surface area contributed by atoms with Crippen LogP contribution >= 0.6 is 15.9 Å². The number of halogens is 4. The van der Waals surface area contributed by atoms with Crippen molar-refractivity contribution >= 4 is 15.9 Å². The monoisotopic (exact) mass is 310 g/mol. The minimum Gasteiger partial charge on any atom is -0.493 e. The Bertz CT molecular complexity index is 431. The first-order chi connectivity index (χ1) is 7.88. The largest absolute Gasteiger partial charge is 0.493 e. The number of benzene rings is 1. The fourth-order valence-electron chi connectivity index (χ4n) is 1.82. The van der Waals surface area contributed by atoms with Gasteiger partial charge in [0.05, 0.1) is 6.61 Å². The van der Waals surface area contributed by atoms with Gasteiger partial charge in [-0.15, -0.1) is 0 Å². The molecule has 0 bridgehead atoms. The van der Waals surface area contributed by atoms with Crippen LogP contribution in [-0.4, -0.2) is 24.0 Å². The molecule has 1 N–H and O–H groups in total. The third kappa shape index (κ3) is 2.74. The van der Waals surface area contributed by atoms with Crippen LogP contribution in [0.15, 0.2) is 16.6 Å². The number of alkyl halides is 3. The normalized spacial score (nSPS) is 16.5. The van der Waals surface area contributed by atoms with Crippen molar-refractivity contribution in [3.63, 3.8) is 0 Å². The molecule has 94 valence electrons. The molecule has 0 amide bonds. The van der Waals surface area contributed by atoms with E-state index >= 15 is 0 Å². The lowest BCUT2D eigenvalue weighted by molar-refractivity contribution is -0.203. The van der Waals surface area contributed by atoms with Gasteiger partial charge >= 0.3 is 6.18 Å². The SMILES string of the molecule is O[C@H](Cc1cc(Br)cc2c1OCC2)C(F)(F)F. The van der Waals surface area contributed by atoms with Gasteiger partial charge < -0.3 is 9.84 Å². The Balaban J connectivity index is 2.27. The zero-order valence-corrected chi connectivity index (χ0v) is 10.3. The van der Waals surface area contributed by atoms with E-state index in [1.54, 1.807) is 6.07 Å². The van der Waals surface area contributed by atoms with Crippen molar-refractivity contribution in [2.75, 3.05) is 6.61 Å². The maximum absolute atomic E-state index is 12.3. The number of hydrogen-bond acceptors (Lipinski definition) is 2. The average Bonchev–Trinajstić information content (AvgIpc) is 2.63. The molecule has 2 rings (SSSR count). The van der Waals surface area contributed by atoms with Crippen LogP contribution < -0.4 is 4.74 Å². The maximum Gasteiger partial charge on any atom is 0.414 e. The van der Waals surface area contributed by atoms with Crippen molar-refractivity contribution in [1.82, 2.24) is 0 Å². The average molecular weight is 311 g/mol. The van der Waals surface area contributed by atoms with Crippen LogP contribution in [-0.2, 0) is 12.8 Å². The Hall–Kier alpha value is -0.750. The van der Waals surface area contributed by atoms with Crippen LogP contribution in [0.5, 0.6) is 5.75 Å². The highest BCUT2D eigenvalue weighted by molar-refractivity contribution is 9.10. The van der Waals surface area contributed by atoms with E-state index < -0.39 is 18.7 Å². The lowest BCUT2D eigenvalue weighted by Gasteiger charge is -2.16. The maximum atomic E-state index is 12.3. The van der Waals surface area contributed by atoms with Gasteiger partial charge in [0.15, 0.2) is 6.10 Å². The van der Waals surface area contributed by atoms with Gasteiger partial charge in [-0.2, -0.15) is 13.2 Å². The molecule has 1 aromatic rings. The molecule has 6 heteroatoms. The summed E-state index contributed by atoms with van der Waals surface area (Å²) in [5.41, 5.74) is 1.26. The molecular formula is C11H10BrF3O2. The molecular weight excluding hydrogens is 301 g/mol. The third-order valence-electron chi connectivity index (χ3n) is 2.62. The molecule has 0 fully saturated rings. The molecule has 1 aliphatic heterocycles. The van der Waals surface area contributed by atoms with Gasteiger partial charge in [-0.3, -0.25) is 0 Å². The molecule has 0 radical (unpaired) electrons. The Morgan fingerprint density at radius 2 is 2.12 bits per heavy atom. The molecule has 0 aromatic heterocycles. The van der Waals surface area contributed by atoms with E-state index in [4.69, 9.17) is 9.84 Å². The lowest BCUT2D eigenvalue weighted by Crippen LogP contribution is -2.30. The van der Waals surface area contributed by atoms with Gasteiger partial charge in [0.2, 0.25) is 0 Å². The fourth-order valence-corrected chi connectivity index (χ4v) is 2.37. The van der Waals surface area contributed by atoms with Crippen LogP contribution in [0.1, 0.15) is 11.1 Å². The summed E-state index contributed by atoms with van der Waals surface area (Å²) in [6, 6.07) is 3.38. The second kappa shape index (κ2) is 4.49. The molecule has 1 atom stereocenters. The van der Waals surface area contributed by atoms with Gasteiger partial charge in [-0.1, -0.05) is 15.9 Å². The van der Waals surface area contributed by atoms with Crippen LogP contribution in [0.25, 0.3) is 0 Å². The highest BCUT2D eigenvalue weighted by Crippen LogP contribution is 2.35. The fraction of sp³-hybridized carbons (Fsp3) is 0.455. The number of aliphatic hydroxyl groups is 1. The van der Waals surface area contributed by atoms with Crippen molar-refractivity contribution in [2.24, 2.45) is 0 Å². The van der Waals surface area contributed by atoms with Gasteiger partial charge in [-0.25, -0.2) is 0 Å². The highest BCUT2D eigenvalue weighted by Gasteiger charge is 2.38. The zero-order valence-electron chi connectivity index (χ0n) is 8.72. The standard InChI is InChI=1S/C11H10BrF3O2/c12-8-3-6-1-2-17-10(6)7(4-8)5-9(16)11(13,14)15/h3-4,9,16H,1-2,5H2/t9-/m1/s1. The summed E-state index contributed by atoms with van der Waals surface area (Å²) in [7, 11) is 0. The van der Waals surface area contributed by atoms with Crippen LogP contribution in [0, 0.1) is 0 Å². The summed E-state index contributed by atoms with van der Waals surface area (Å²) in [5, 5.41) is 9.07. The predicted octanol–water partition coefficient (Wildman–Crippen LogP) is 2.85. The Labute approximate surface area is 105 Å². The van der Waals surface area contributed by atoms with E-state index in [1.165, 1.54) is 0 Å². The van der Waals surface area contributed by atoms with E-state index in [-0.39, 0.29) is 0 Å². The van der Waals surface area contributed by atoms with Gasteiger partial charge in [-0.05, 0) is 23.3 Å². The lowest BCUT2D eigenvalue weighted by atomic mass is 10.0. The zero-order chi connectivity index (χ0) is 12.6.